The molecule has 0 amide bonds. The van der Waals surface area contributed by atoms with Crippen LogP contribution in [0.3, 0.4) is 0 Å². The molecule has 178 valence electrons. The first-order chi connectivity index (χ1) is 15.9. The van der Waals surface area contributed by atoms with Gasteiger partial charge in [0.15, 0.2) is 5.82 Å². The molecule has 0 unspecified atom stereocenters. The highest BCUT2D eigenvalue weighted by atomic mass is 19.1. The molecule has 3 aromatic rings. The molecule has 2 aliphatic rings. The van der Waals surface area contributed by atoms with E-state index in [1.165, 1.54) is 0 Å². The van der Waals surface area contributed by atoms with E-state index < -0.39 is 0 Å². The Labute approximate surface area is 195 Å². The molecular weight excluding hydrogens is 421 g/mol. The molecule has 7 nitrogen and oxygen atoms in total. The number of ether oxygens (including phenoxy) is 1. The normalized spacial score (nSPS) is 23.5. The lowest BCUT2D eigenvalue weighted by Crippen LogP contribution is -2.50. The van der Waals surface area contributed by atoms with Crippen molar-refractivity contribution >= 4 is 16.7 Å². The minimum atomic E-state index is -0.285. The predicted molar refractivity (Wildman–Crippen MR) is 128 cm³/mol. The number of fused-ring (bicyclic) bond motifs is 1. The van der Waals surface area contributed by atoms with Gasteiger partial charge < -0.3 is 19.5 Å². The van der Waals surface area contributed by atoms with E-state index in [9.17, 15) is 0 Å². The first-order valence-electron chi connectivity index (χ1n) is 12.0. The van der Waals surface area contributed by atoms with Crippen LogP contribution in [0.4, 0.5) is 10.2 Å². The summed E-state index contributed by atoms with van der Waals surface area (Å²) in [6.45, 7) is 10.5. The predicted octanol–water partition coefficient (Wildman–Crippen LogP) is 4.58. The number of pyridine rings is 1. The minimum absolute atomic E-state index is 0. The molecule has 1 aromatic carbocycles. The molecule has 2 aromatic heterocycles. The van der Waals surface area contributed by atoms with Gasteiger partial charge >= 0.3 is 0 Å². The summed E-state index contributed by atoms with van der Waals surface area (Å²) in [5.41, 5.74) is 3.07. The summed E-state index contributed by atoms with van der Waals surface area (Å²) < 4.78 is 26.2. The second kappa shape index (κ2) is 8.99. The fourth-order valence-electron chi connectivity index (χ4n) is 5.22. The topological polar surface area (TPSA) is 76.3 Å². The summed E-state index contributed by atoms with van der Waals surface area (Å²) in [5, 5.41) is 8.57. The zero-order valence-corrected chi connectivity index (χ0v) is 19.8. The van der Waals surface area contributed by atoms with E-state index in [1.54, 1.807) is 13.0 Å². The van der Waals surface area contributed by atoms with Crippen molar-refractivity contribution in [2.24, 2.45) is 0 Å². The molecule has 5 rings (SSSR count). The maximum Gasteiger partial charge on any atom is 0.261 e. The number of aryl methyl sites for hydroxylation is 3. The Morgan fingerprint density at radius 3 is 2.73 bits per heavy atom. The number of piperidine rings is 1. The van der Waals surface area contributed by atoms with Crippen molar-refractivity contribution in [3.8, 4) is 11.5 Å². The molecule has 2 aliphatic heterocycles. The van der Waals surface area contributed by atoms with Crippen LogP contribution >= 0.6 is 0 Å². The second-order valence-electron chi connectivity index (χ2n) is 9.40. The maximum atomic E-state index is 15.1. The molecule has 0 aliphatic carbocycles. The Bertz CT molecular complexity index is 1160. The lowest BCUT2D eigenvalue weighted by molar-refractivity contribution is 0.185. The number of halogens is 1. The third-order valence-corrected chi connectivity index (χ3v) is 7.04. The van der Waals surface area contributed by atoms with Crippen molar-refractivity contribution < 1.29 is 15.1 Å². The summed E-state index contributed by atoms with van der Waals surface area (Å²) in [6.07, 6.45) is 3.79. The monoisotopic (exact) mass is 455 g/mol. The molecule has 0 saturated carbocycles. The number of aromatic nitrogens is 3. The van der Waals surface area contributed by atoms with E-state index in [4.69, 9.17) is 14.2 Å². The van der Waals surface area contributed by atoms with Crippen LogP contribution in [-0.4, -0.2) is 53.0 Å². The number of hydrogen-bond donors (Lipinski definition) is 1. The second-order valence-corrected chi connectivity index (χ2v) is 9.40. The van der Waals surface area contributed by atoms with Gasteiger partial charge in [0.05, 0.1) is 12.2 Å². The van der Waals surface area contributed by atoms with Crippen LogP contribution < -0.4 is 10.2 Å². The van der Waals surface area contributed by atoms with Crippen molar-refractivity contribution in [1.29, 1.82) is 0 Å². The molecule has 33 heavy (non-hydrogen) atoms. The molecule has 2 fully saturated rings. The number of nitrogens with zero attached hydrogens (tertiary/aromatic N) is 4. The fraction of sp³-hybridized carbons (Fsp3) is 0.560. The molecule has 0 bridgehead atoms. The lowest BCUT2D eigenvalue weighted by atomic mass is 9.95. The van der Waals surface area contributed by atoms with Crippen LogP contribution in [0.15, 0.2) is 16.7 Å². The smallest absolute Gasteiger partial charge is 0.261 e. The number of hydrogen-bond acceptors (Lipinski definition) is 7. The van der Waals surface area contributed by atoms with Gasteiger partial charge in [-0.2, -0.15) is 4.98 Å². The number of rotatable bonds is 5. The quantitative estimate of drug-likeness (QED) is 0.603. The van der Waals surface area contributed by atoms with E-state index >= 15 is 4.39 Å². The molecule has 4 heterocycles. The van der Waals surface area contributed by atoms with Crippen molar-refractivity contribution in [2.75, 3.05) is 24.7 Å². The fourth-order valence-corrected chi connectivity index (χ4v) is 5.22. The van der Waals surface area contributed by atoms with E-state index in [-0.39, 0.29) is 13.3 Å². The van der Waals surface area contributed by atoms with Crippen LogP contribution in [0.25, 0.3) is 22.4 Å². The van der Waals surface area contributed by atoms with Gasteiger partial charge in [-0.1, -0.05) is 12.1 Å². The zero-order chi connectivity index (χ0) is 23.1. The van der Waals surface area contributed by atoms with Crippen LogP contribution in [0.1, 0.15) is 51.5 Å². The van der Waals surface area contributed by atoms with Crippen molar-refractivity contribution in [3.63, 3.8) is 0 Å². The highest BCUT2D eigenvalue weighted by Crippen LogP contribution is 2.39. The first kappa shape index (κ1) is 22.2. The molecule has 0 radical (unpaired) electrons. The van der Waals surface area contributed by atoms with Gasteiger partial charge in [-0.05, 0) is 69.7 Å². The van der Waals surface area contributed by atoms with Crippen molar-refractivity contribution in [2.45, 2.75) is 71.5 Å². The highest BCUT2D eigenvalue weighted by molar-refractivity contribution is 5.93. The van der Waals surface area contributed by atoms with Gasteiger partial charge in [-0.15, -0.1) is 0 Å². The number of benzene rings is 1. The average Bonchev–Trinajstić information content (AvgIpc) is 3.46. The van der Waals surface area contributed by atoms with Crippen molar-refractivity contribution in [3.05, 3.63) is 34.9 Å². The lowest BCUT2D eigenvalue weighted by Gasteiger charge is -2.40. The van der Waals surface area contributed by atoms with Gasteiger partial charge in [0.2, 0.25) is 0 Å². The Kier molecular flexibility index (Phi) is 6.05. The Morgan fingerprint density at radius 1 is 1.21 bits per heavy atom. The molecule has 0 spiro atoms. The Hall–Kier alpha value is -2.58. The van der Waals surface area contributed by atoms with Gasteiger partial charge in [0, 0.05) is 38.1 Å². The molecule has 1 N–H and O–H groups in total. The summed E-state index contributed by atoms with van der Waals surface area (Å²) >= 11 is 0. The van der Waals surface area contributed by atoms with E-state index in [1.807, 2.05) is 19.9 Å². The van der Waals surface area contributed by atoms with E-state index in [0.29, 0.717) is 29.3 Å². The van der Waals surface area contributed by atoms with Crippen molar-refractivity contribution in [1.82, 2.24) is 20.4 Å². The largest absolute Gasteiger partial charge is 0.380 e. The summed E-state index contributed by atoms with van der Waals surface area (Å²) in [7, 11) is 0. The summed E-state index contributed by atoms with van der Waals surface area (Å²) in [5.74, 6) is 1.44. The standard InChI is InChI=1S/C25H32FN5O2.H2/c1-5-17-11-20-15(3)22(25-27-16(4)30-33-25)24(29-23(20)21(26)12-17)31-8-6-18(10-14(31)2)28-19-7-9-32-13-19;/h11-12,14,18-19,28H,5-10,13H2,1-4H3;1H/t14-,18+,19+;/m0./s1. The van der Waals surface area contributed by atoms with Gasteiger partial charge in [-0.25, -0.2) is 9.37 Å². The summed E-state index contributed by atoms with van der Waals surface area (Å²) in [6, 6.07) is 4.72. The minimum Gasteiger partial charge on any atom is -0.380 e. The number of anilines is 1. The molecule has 3 atom stereocenters. The SMILES string of the molecule is CCc1cc(F)c2nc(N3CC[C@@H](N[C@@H]4CCOC4)C[C@@H]3C)c(-c3nc(C)no3)c(C)c2c1.[HH]. The molecule has 8 heteroatoms. The zero-order valence-electron chi connectivity index (χ0n) is 19.8. The van der Waals surface area contributed by atoms with E-state index in [2.05, 4.69) is 27.3 Å². The third kappa shape index (κ3) is 4.22. The Morgan fingerprint density at radius 2 is 2.06 bits per heavy atom. The van der Waals surface area contributed by atoms with Gasteiger partial charge in [0.1, 0.15) is 17.2 Å². The van der Waals surface area contributed by atoms with Crippen LogP contribution in [0, 0.1) is 19.7 Å². The van der Waals surface area contributed by atoms with Gasteiger partial charge in [-0.3, -0.25) is 0 Å². The van der Waals surface area contributed by atoms with Crippen LogP contribution in [-0.2, 0) is 11.2 Å². The third-order valence-electron chi connectivity index (χ3n) is 7.04. The molecular formula is C25H34FN5O2. The van der Waals surface area contributed by atoms with Crippen LogP contribution in [0.5, 0.6) is 0 Å². The highest BCUT2D eigenvalue weighted by Gasteiger charge is 2.32. The number of nitrogens with one attached hydrogen (secondary N) is 1. The Balaban J connectivity index is 0.00000274. The van der Waals surface area contributed by atoms with Crippen LogP contribution in [0.2, 0.25) is 0 Å². The summed E-state index contributed by atoms with van der Waals surface area (Å²) in [4.78, 5) is 11.7. The first-order valence-corrected chi connectivity index (χ1v) is 12.0. The maximum absolute atomic E-state index is 15.1. The van der Waals surface area contributed by atoms with Gasteiger partial charge in [0.25, 0.3) is 5.89 Å². The average molecular weight is 456 g/mol. The van der Waals surface area contributed by atoms with E-state index in [0.717, 1.165) is 73.3 Å². The molecule has 2 saturated heterocycles.